The maximum absolute atomic E-state index is 13.8. The summed E-state index contributed by atoms with van der Waals surface area (Å²) in [5.41, 5.74) is 2.50. The molecule has 0 unspecified atom stereocenters. The van der Waals surface area contributed by atoms with Gasteiger partial charge in [-0.1, -0.05) is 99.5 Å². The first kappa shape index (κ1) is 36.2. The molecular weight excluding hydrogens is 640 g/mol. The molecule has 2 heterocycles. The van der Waals surface area contributed by atoms with Gasteiger partial charge in [-0.2, -0.15) is 0 Å². The second-order valence-corrected chi connectivity index (χ2v) is 14.5. The molecule has 0 spiro atoms. The van der Waals surface area contributed by atoms with Crippen LogP contribution in [0.5, 0.6) is 0 Å². The lowest BCUT2D eigenvalue weighted by Gasteiger charge is -2.35. The minimum absolute atomic E-state index is 0.0671. The van der Waals surface area contributed by atoms with Gasteiger partial charge in [0, 0.05) is 42.4 Å². The highest BCUT2D eigenvalue weighted by Gasteiger charge is 2.44. The molecule has 2 aromatic rings. The molecule has 8 nitrogen and oxygen atoms in total. The van der Waals surface area contributed by atoms with Gasteiger partial charge in [0.2, 0.25) is 17.7 Å². The van der Waals surface area contributed by atoms with Crippen LogP contribution in [0.15, 0.2) is 41.4 Å². The summed E-state index contributed by atoms with van der Waals surface area (Å²) in [4.78, 5) is 45.9. The average Bonchev–Trinajstić information content (AvgIpc) is 3.64. The van der Waals surface area contributed by atoms with Crippen molar-refractivity contribution in [1.29, 1.82) is 0 Å². The first-order chi connectivity index (χ1) is 21.0. The molecule has 0 saturated carbocycles. The standard InChI is InChI=1S/C34H51BrN4O4S/c1-34(2,3)31(38-29(41)13-11-9-7-5-6-8-10-12-19-35)33(43)39-23-26(40)21-27(39)32(42)37-22-24-14-16-25(17-15-24)30-28(44-4)18-20-36-30/h14-18,20,26-27,31,36,40H,5-13,19,21-23H2,1-4H3,(H,37,42)(H,38,41)/t26-,27+,31-/m1/s1. The minimum atomic E-state index is -0.795. The number of alkyl halides is 1. The Kier molecular flexibility index (Phi) is 14.8. The third-order valence-electron chi connectivity index (χ3n) is 8.21. The maximum Gasteiger partial charge on any atom is 0.246 e. The zero-order valence-corrected chi connectivity index (χ0v) is 29.2. The number of nitrogens with zero attached hydrogens (tertiary/aromatic N) is 1. The highest BCUT2D eigenvalue weighted by atomic mass is 79.9. The summed E-state index contributed by atoms with van der Waals surface area (Å²) >= 11 is 5.15. The van der Waals surface area contributed by atoms with Crippen LogP contribution in [0.25, 0.3) is 11.3 Å². The fourth-order valence-electron chi connectivity index (χ4n) is 5.64. The molecule has 4 N–H and O–H groups in total. The first-order valence-corrected chi connectivity index (χ1v) is 18.3. The van der Waals surface area contributed by atoms with Crippen LogP contribution in [0.4, 0.5) is 0 Å². The number of likely N-dealkylation sites (tertiary alicyclic amines) is 1. The van der Waals surface area contributed by atoms with E-state index >= 15 is 0 Å². The molecule has 1 aromatic carbocycles. The molecule has 3 rings (SSSR count). The van der Waals surface area contributed by atoms with Crippen molar-refractivity contribution >= 4 is 45.4 Å². The number of benzene rings is 1. The Bertz CT molecular complexity index is 1200. The SMILES string of the molecule is CSc1cc[nH]c1-c1ccc(CNC(=O)[C@@H]2C[C@@H](O)CN2C(=O)[C@@H](NC(=O)CCCCCCCCCCBr)C(C)(C)C)cc1. The number of thioether (sulfide) groups is 1. The number of aromatic nitrogens is 1. The second-order valence-electron chi connectivity index (χ2n) is 12.9. The van der Waals surface area contributed by atoms with E-state index in [1.807, 2.05) is 63.6 Å². The molecular formula is C34H51BrN4O4S. The van der Waals surface area contributed by atoms with Crippen LogP contribution in [0.2, 0.25) is 0 Å². The predicted octanol–water partition coefficient (Wildman–Crippen LogP) is 6.42. The lowest BCUT2D eigenvalue weighted by Crippen LogP contribution is -2.57. The smallest absolute Gasteiger partial charge is 0.246 e. The zero-order chi connectivity index (χ0) is 32.1. The number of carbonyl (C=O) groups is 3. The summed E-state index contributed by atoms with van der Waals surface area (Å²) in [6, 6.07) is 8.45. The molecule has 1 aromatic heterocycles. The van der Waals surface area contributed by atoms with Crippen LogP contribution in [0.1, 0.15) is 90.5 Å². The monoisotopic (exact) mass is 690 g/mol. The van der Waals surface area contributed by atoms with Crippen molar-refractivity contribution in [2.24, 2.45) is 5.41 Å². The summed E-state index contributed by atoms with van der Waals surface area (Å²) in [6.45, 7) is 6.10. The Morgan fingerprint density at radius 1 is 1.02 bits per heavy atom. The van der Waals surface area contributed by atoms with E-state index in [-0.39, 0.29) is 30.7 Å². The van der Waals surface area contributed by atoms with E-state index in [2.05, 4.69) is 31.5 Å². The van der Waals surface area contributed by atoms with Gasteiger partial charge in [-0.25, -0.2) is 0 Å². The molecule has 244 valence electrons. The van der Waals surface area contributed by atoms with Gasteiger partial charge in [-0.3, -0.25) is 14.4 Å². The molecule has 0 aliphatic carbocycles. The molecule has 44 heavy (non-hydrogen) atoms. The number of hydrogen-bond acceptors (Lipinski definition) is 5. The van der Waals surface area contributed by atoms with E-state index in [1.54, 1.807) is 11.8 Å². The van der Waals surface area contributed by atoms with Crippen molar-refractivity contribution in [2.45, 2.75) is 115 Å². The van der Waals surface area contributed by atoms with Crippen molar-refractivity contribution < 1.29 is 19.5 Å². The Hall–Kier alpha value is -2.30. The number of aromatic amines is 1. The van der Waals surface area contributed by atoms with Crippen LogP contribution < -0.4 is 10.6 Å². The van der Waals surface area contributed by atoms with Crippen molar-refractivity contribution in [3.8, 4) is 11.3 Å². The molecule has 1 saturated heterocycles. The average molecular weight is 692 g/mol. The van der Waals surface area contributed by atoms with Gasteiger partial charge in [0.15, 0.2) is 0 Å². The quantitative estimate of drug-likeness (QED) is 0.0869. The number of amides is 3. The molecule has 3 atom stereocenters. The minimum Gasteiger partial charge on any atom is -0.391 e. The number of aliphatic hydroxyl groups is 1. The summed E-state index contributed by atoms with van der Waals surface area (Å²) < 4.78 is 0. The van der Waals surface area contributed by atoms with Crippen molar-refractivity contribution in [1.82, 2.24) is 20.5 Å². The Labute approximate surface area is 276 Å². The summed E-state index contributed by atoms with van der Waals surface area (Å²) in [6.07, 6.45) is 12.8. The van der Waals surface area contributed by atoms with Crippen LogP contribution >= 0.6 is 27.7 Å². The van der Waals surface area contributed by atoms with Crippen molar-refractivity contribution in [2.75, 3.05) is 18.1 Å². The Balaban J connectivity index is 1.52. The third-order valence-corrected chi connectivity index (χ3v) is 9.55. The zero-order valence-electron chi connectivity index (χ0n) is 26.8. The topological polar surface area (TPSA) is 115 Å². The van der Waals surface area contributed by atoms with Crippen LogP contribution in [-0.2, 0) is 20.9 Å². The van der Waals surface area contributed by atoms with E-state index in [0.717, 1.165) is 41.4 Å². The number of halogens is 1. The molecule has 1 fully saturated rings. The second kappa shape index (κ2) is 18.0. The number of H-pyrrole nitrogens is 1. The van der Waals surface area contributed by atoms with Gasteiger partial charge in [0.05, 0.1) is 11.8 Å². The number of carbonyl (C=O) groups excluding carboxylic acids is 3. The number of nitrogens with one attached hydrogen (secondary N) is 3. The summed E-state index contributed by atoms with van der Waals surface area (Å²) in [5.74, 6) is -0.783. The number of β-amino-alcohol motifs (C(OH)–C–C–N with tert-alkyl or cyclic N) is 1. The van der Waals surface area contributed by atoms with Gasteiger partial charge >= 0.3 is 0 Å². The Morgan fingerprint density at radius 3 is 2.27 bits per heavy atom. The molecule has 0 bridgehead atoms. The van der Waals surface area contributed by atoms with Crippen molar-refractivity contribution in [3.05, 3.63) is 42.1 Å². The lowest BCUT2D eigenvalue weighted by molar-refractivity contribution is -0.144. The highest BCUT2D eigenvalue weighted by Crippen LogP contribution is 2.29. The van der Waals surface area contributed by atoms with Gasteiger partial charge in [-0.15, -0.1) is 11.8 Å². The van der Waals surface area contributed by atoms with Crippen LogP contribution in [0, 0.1) is 5.41 Å². The van der Waals surface area contributed by atoms with E-state index < -0.39 is 23.6 Å². The van der Waals surface area contributed by atoms with E-state index in [1.165, 1.54) is 41.9 Å². The van der Waals surface area contributed by atoms with E-state index in [4.69, 9.17) is 0 Å². The molecule has 3 amide bonds. The van der Waals surface area contributed by atoms with E-state index in [0.29, 0.717) is 13.0 Å². The fraction of sp³-hybridized carbons (Fsp3) is 0.618. The third kappa shape index (κ3) is 10.9. The molecule has 1 aliphatic rings. The maximum atomic E-state index is 13.8. The molecule has 10 heteroatoms. The van der Waals surface area contributed by atoms with Crippen molar-refractivity contribution in [3.63, 3.8) is 0 Å². The van der Waals surface area contributed by atoms with Gasteiger partial charge in [0.1, 0.15) is 12.1 Å². The number of unbranched alkanes of at least 4 members (excludes halogenated alkanes) is 7. The van der Waals surface area contributed by atoms with E-state index in [9.17, 15) is 19.5 Å². The predicted molar refractivity (Wildman–Crippen MR) is 183 cm³/mol. The van der Waals surface area contributed by atoms with Gasteiger partial charge in [0.25, 0.3) is 0 Å². The first-order valence-electron chi connectivity index (χ1n) is 16.0. The fourth-order valence-corrected chi connectivity index (χ4v) is 6.62. The van der Waals surface area contributed by atoms with Crippen LogP contribution in [-0.4, -0.2) is 69.0 Å². The number of rotatable bonds is 17. The normalized spacial score (nSPS) is 17.5. The number of hydrogen-bond donors (Lipinski definition) is 4. The van der Waals surface area contributed by atoms with Gasteiger partial charge < -0.3 is 25.6 Å². The molecule has 0 radical (unpaired) electrons. The molecule has 1 aliphatic heterocycles. The van der Waals surface area contributed by atoms with Crippen LogP contribution in [0.3, 0.4) is 0 Å². The lowest BCUT2D eigenvalue weighted by atomic mass is 9.85. The van der Waals surface area contributed by atoms with Gasteiger partial charge in [-0.05, 0) is 41.7 Å². The largest absolute Gasteiger partial charge is 0.391 e. The summed E-state index contributed by atoms with van der Waals surface area (Å²) in [5, 5.41) is 17.4. The Morgan fingerprint density at radius 2 is 1.66 bits per heavy atom. The highest BCUT2D eigenvalue weighted by molar-refractivity contribution is 9.09. The number of aliphatic hydroxyl groups excluding tert-OH is 1. The summed E-state index contributed by atoms with van der Waals surface area (Å²) in [7, 11) is 0.